The SMILES string of the molecule is COc1ccc(Cl)cc1NC(=O)c1ccccc1N1C(=O)[C@@H]2[C@H]3CC[C@@H](C3)[C@@H]2C1=O. The van der Waals surface area contributed by atoms with Crippen molar-refractivity contribution >= 4 is 40.7 Å². The van der Waals surface area contributed by atoms with E-state index in [1.165, 1.54) is 12.0 Å². The zero-order valence-electron chi connectivity index (χ0n) is 16.4. The van der Waals surface area contributed by atoms with Crippen molar-refractivity contribution in [2.24, 2.45) is 23.7 Å². The van der Waals surface area contributed by atoms with Crippen LogP contribution in [0, 0.1) is 23.7 Å². The van der Waals surface area contributed by atoms with Gasteiger partial charge in [0.25, 0.3) is 5.91 Å². The third kappa shape index (κ3) is 2.82. The Morgan fingerprint density at radius 1 is 1.07 bits per heavy atom. The molecule has 4 atom stereocenters. The highest BCUT2D eigenvalue weighted by molar-refractivity contribution is 6.31. The average molecular weight is 425 g/mol. The van der Waals surface area contributed by atoms with Gasteiger partial charge in [0.15, 0.2) is 0 Å². The fraction of sp³-hybridized carbons (Fsp3) is 0.348. The summed E-state index contributed by atoms with van der Waals surface area (Å²) in [5, 5.41) is 3.25. The van der Waals surface area contributed by atoms with Gasteiger partial charge >= 0.3 is 0 Å². The quantitative estimate of drug-likeness (QED) is 0.748. The highest BCUT2D eigenvalue weighted by Gasteiger charge is 2.61. The van der Waals surface area contributed by atoms with Crippen LogP contribution in [0.4, 0.5) is 11.4 Å². The zero-order chi connectivity index (χ0) is 21.0. The number of carbonyl (C=O) groups excluding carboxylic acids is 3. The Hall–Kier alpha value is -2.86. The summed E-state index contributed by atoms with van der Waals surface area (Å²) >= 11 is 6.06. The molecular formula is C23H21ClN2O4. The van der Waals surface area contributed by atoms with E-state index in [4.69, 9.17) is 16.3 Å². The molecule has 0 aromatic heterocycles. The van der Waals surface area contributed by atoms with E-state index >= 15 is 0 Å². The van der Waals surface area contributed by atoms with Crippen molar-refractivity contribution in [1.82, 2.24) is 0 Å². The lowest BCUT2D eigenvalue weighted by Gasteiger charge is -2.20. The number of anilines is 2. The van der Waals surface area contributed by atoms with Crippen LogP contribution in [-0.2, 0) is 9.59 Å². The first-order valence-corrected chi connectivity index (χ1v) is 10.5. The molecular weight excluding hydrogens is 404 g/mol. The summed E-state index contributed by atoms with van der Waals surface area (Å²) in [6.45, 7) is 0. The van der Waals surface area contributed by atoms with Gasteiger partial charge in [0.1, 0.15) is 5.75 Å². The summed E-state index contributed by atoms with van der Waals surface area (Å²) in [6.07, 6.45) is 2.99. The van der Waals surface area contributed by atoms with Crippen LogP contribution in [-0.4, -0.2) is 24.8 Å². The summed E-state index contributed by atoms with van der Waals surface area (Å²) in [5.41, 5.74) is 1.01. The molecule has 7 heteroatoms. The Morgan fingerprint density at radius 2 is 1.73 bits per heavy atom. The van der Waals surface area contributed by atoms with Gasteiger partial charge in [-0.25, -0.2) is 4.90 Å². The monoisotopic (exact) mass is 424 g/mol. The smallest absolute Gasteiger partial charge is 0.257 e. The number of nitrogens with zero attached hydrogens (tertiary/aromatic N) is 1. The molecule has 1 aliphatic heterocycles. The first-order valence-electron chi connectivity index (χ1n) is 10.1. The van der Waals surface area contributed by atoms with Crippen molar-refractivity contribution in [2.75, 3.05) is 17.3 Å². The molecule has 0 radical (unpaired) electrons. The first kappa shape index (κ1) is 19.1. The molecule has 6 nitrogen and oxygen atoms in total. The average Bonchev–Trinajstić information content (AvgIpc) is 3.42. The van der Waals surface area contributed by atoms with Crippen molar-refractivity contribution in [3.05, 3.63) is 53.1 Å². The molecule has 0 spiro atoms. The van der Waals surface area contributed by atoms with Gasteiger partial charge in [0, 0.05) is 5.02 Å². The molecule has 1 N–H and O–H groups in total. The molecule has 3 fully saturated rings. The second-order valence-electron chi connectivity index (χ2n) is 8.21. The zero-order valence-corrected chi connectivity index (χ0v) is 17.2. The maximum atomic E-state index is 13.2. The van der Waals surface area contributed by atoms with Gasteiger partial charge in [0.05, 0.1) is 35.9 Å². The maximum absolute atomic E-state index is 13.2. The Labute approximate surface area is 179 Å². The molecule has 2 bridgehead atoms. The van der Waals surface area contributed by atoms with Gasteiger partial charge in [-0.05, 0) is 61.4 Å². The number of para-hydroxylation sites is 1. The molecule has 2 aromatic rings. The van der Waals surface area contributed by atoms with Crippen molar-refractivity contribution < 1.29 is 19.1 Å². The molecule has 154 valence electrons. The lowest BCUT2D eigenvalue weighted by atomic mass is 9.81. The minimum atomic E-state index is -0.438. The van der Waals surface area contributed by atoms with Gasteiger partial charge in [-0.2, -0.15) is 0 Å². The minimum Gasteiger partial charge on any atom is -0.495 e. The van der Waals surface area contributed by atoms with E-state index in [0.717, 1.165) is 19.3 Å². The van der Waals surface area contributed by atoms with Crippen LogP contribution < -0.4 is 15.0 Å². The van der Waals surface area contributed by atoms with E-state index in [2.05, 4.69) is 5.32 Å². The van der Waals surface area contributed by atoms with E-state index in [-0.39, 0.29) is 41.0 Å². The highest BCUT2D eigenvalue weighted by atomic mass is 35.5. The van der Waals surface area contributed by atoms with Gasteiger partial charge in [-0.15, -0.1) is 0 Å². The van der Waals surface area contributed by atoms with Crippen LogP contribution in [0.1, 0.15) is 29.6 Å². The molecule has 2 saturated carbocycles. The number of rotatable bonds is 4. The molecule has 1 heterocycles. The third-order valence-electron chi connectivity index (χ3n) is 6.73. The number of hydrogen-bond acceptors (Lipinski definition) is 4. The number of methoxy groups -OCH3 is 1. The number of nitrogens with one attached hydrogen (secondary N) is 1. The van der Waals surface area contributed by atoms with Crippen LogP contribution >= 0.6 is 11.6 Å². The number of benzene rings is 2. The van der Waals surface area contributed by atoms with Crippen LogP contribution in [0.5, 0.6) is 5.75 Å². The number of amides is 3. The molecule has 2 aromatic carbocycles. The molecule has 2 aliphatic carbocycles. The number of ether oxygens (including phenoxy) is 1. The van der Waals surface area contributed by atoms with Crippen molar-refractivity contribution in [1.29, 1.82) is 0 Å². The van der Waals surface area contributed by atoms with Crippen molar-refractivity contribution in [3.8, 4) is 5.75 Å². The van der Waals surface area contributed by atoms with Crippen LogP contribution in [0.25, 0.3) is 0 Å². The van der Waals surface area contributed by atoms with Crippen LogP contribution in [0.15, 0.2) is 42.5 Å². The van der Waals surface area contributed by atoms with Crippen molar-refractivity contribution in [2.45, 2.75) is 19.3 Å². The summed E-state index contributed by atoms with van der Waals surface area (Å²) < 4.78 is 5.29. The molecule has 3 aliphatic rings. The standard InChI is InChI=1S/C23H21ClN2O4/c1-30-18-9-8-14(24)11-16(18)25-21(27)15-4-2-3-5-17(15)26-22(28)19-12-6-7-13(10-12)20(19)23(26)29/h2-5,8-9,11-13,19-20H,6-7,10H2,1H3,(H,25,27)/t12-,13-,19-,20+/m0/s1. The fourth-order valence-corrected chi connectivity index (χ4v) is 5.65. The van der Waals surface area contributed by atoms with E-state index in [0.29, 0.717) is 22.1 Å². The normalized spacial score (nSPS) is 26.8. The second kappa shape index (κ2) is 7.13. The number of imide groups is 1. The molecule has 3 amide bonds. The fourth-order valence-electron chi connectivity index (χ4n) is 5.47. The molecule has 5 rings (SSSR count). The number of halogens is 1. The van der Waals surface area contributed by atoms with Crippen LogP contribution in [0.3, 0.4) is 0 Å². The molecule has 0 unspecified atom stereocenters. The first-order chi connectivity index (χ1) is 14.5. The highest BCUT2D eigenvalue weighted by Crippen LogP contribution is 2.56. The Balaban J connectivity index is 1.48. The largest absolute Gasteiger partial charge is 0.495 e. The lowest BCUT2D eigenvalue weighted by Crippen LogP contribution is -2.34. The maximum Gasteiger partial charge on any atom is 0.257 e. The van der Waals surface area contributed by atoms with Crippen LogP contribution in [0.2, 0.25) is 5.02 Å². The van der Waals surface area contributed by atoms with Gasteiger partial charge in [0.2, 0.25) is 11.8 Å². The third-order valence-corrected chi connectivity index (χ3v) is 6.96. The van der Waals surface area contributed by atoms with E-state index in [1.54, 1.807) is 42.5 Å². The van der Waals surface area contributed by atoms with E-state index < -0.39 is 5.91 Å². The van der Waals surface area contributed by atoms with Gasteiger partial charge in [-0.3, -0.25) is 14.4 Å². The predicted octanol–water partition coefficient (Wildman–Crippen LogP) is 4.14. The predicted molar refractivity (Wildman–Crippen MR) is 113 cm³/mol. The summed E-state index contributed by atoms with van der Waals surface area (Å²) in [6, 6.07) is 11.6. The number of fused-ring (bicyclic) bond motifs is 5. The van der Waals surface area contributed by atoms with E-state index in [1.807, 2.05) is 0 Å². The van der Waals surface area contributed by atoms with Crippen molar-refractivity contribution in [3.63, 3.8) is 0 Å². The lowest BCUT2D eigenvalue weighted by molar-refractivity contribution is -0.123. The molecule has 1 saturated heterocycles. The summed E-state index contributed by atoms with van der Waals surface area (Å²) in [5.74, 6) is -0.205. The molecule has 30 heavy (non-hydrogen) atoms. The van der Waals surface area contributed by atoms with E-state index in [9.17, 15) is 14.4 Å². The topological polar surface area (TPSA) is 75.7 Å². The summed E-state index contributed by atoms with van der Waals surface area (Å²) in [4.78, 5) is 40.8. The second-order valence-corrected chi connectivity index (χ2v) is 8.65. The Morgan fingerprint density at radius 3 is 2.40 bits per heavy atom. The number of carbonyl (C=O) groups is 3. The Bertz CT molecular complexity index is 1040. The summed E-state index contributed by atoms with van der Waals surface area (Å²) in [7, 11) is 1.50. The minimum absolute atomic E-state index is 0.169. The van der Waals surface area contributed by atoms with Gasteiger partial charge < -0.3 is 10.1 Å². The Kier molecular flexibility index (Phi) is 4.54. The van der Waals surface area contributed by atoms with Gasteiger partial charge in [-0.1, -0.05) is 23.7 Å². The number of hydrogen-bond donors (Lipinski definition) is 1.